The van der Waals surface area contributed by atoms with Gasteiger partial charge in [-0.25, -0.2) is 9.13 Å². The van der Waals surface area contributed by atoms with E-state index in [1.165, 1.54) is 64.2 Å². The third kappa shape index (κ3) is 70.4. The Hall–Kier alpha value is -4.02. The summed E-state index contributed by atoms with van der Waals surface area (Å²) in [4.78, 5) is 72.8. The van der Waals surface area contributed by atoms with Crippen molar-refractivity contribution in [2.45, 2.75) is 341 Å². The molecule has 3 N–H and O–H groups in total. The highest BCUT2D eigenvalue weighted by Crippen LogP contribution is 2.45. The van der Waals surface area contributed by atoms with Crippen LogP contribution in [0.4, 0.5) is 0 Å². The second-order valence-electron chi connectivity index (χ2n) is 25.5. The van der Waals surface area contributed by atoms with Crippen molar-refractivity contribution in [1.29, 1.82) is 0 Å². The average Bonchev–Trinajstić information content (AvgIpc) is 1.00. The van der Waals surface area contributed by atoms with Crippen molar-refractivity contribution >= 4 is 39.5 Å². The van der Waals surface area contributed by atoms with Crippen LogP contribution in [0.15, 0.2) is 97.2 Å². The fourth-order valence-electron chi connectivity index (χ4n) is 10.2. The molecular formula is C79H138O17P2. The lowest BCUT2D eigenvalue weighted by atomic mass is 10.0. The normalized spacial score (nSPS) is 14.5. The van der Waals surface area contributed by atoms with E-state index in [0.29, 0.717) is 25.7 Å². The lowest BCUT2D eigenvalue weighted by Gasteiger charge is -2.21. The fourth-order valence-corrected chi connectivity index (χ4v) is 11.8. The minimum absolute atomic E-state index is 0.0812. The van der Waals surface area contributed by atoms with Crippen molar-refractivity contribution in [2.24, 2.45) is 0 Å². The van der Waals surface area contributed by atoms with Crippen molar-refractivity contribution in [1.82, 2.24) is 0 Å². The lowest BCUT2D eigenvalue weighted by molar-refractivity contribution is -0.161. The first kappa shape index (κ1) is 94.0. The number of unbranched alkanes of at least 4 members (excludes halogenated alkanes) is 30. The third-order valence-electron chi connectivity index (χ3n) is 16.0. The molecule has 0 radical (unpaired) electrons. The molecule has 0 aromatic heterocycles. The molecular weight excluding hydrogens is 1280 g/mol. The molecule has 0 heterocycles. The molecule has 0 aliphatic heterocycles. The van der Waals surface area contributed by atoms with E-state index in [0.717, 1.165) is 180 Å². The van der Waals surface area contributed by atoms with E-state index >= 15 is 0 Å². The van der Waals surface area contributed by atoms with Gasteiger partial charge in [0.1, 0.15) is 19.3 Å². The van der Waals surface area contributed by atoms with E-state index in [-0.39, 0.29) is 25.7 Å². The number of phosphoric ester groups is 2. The van der Waals surface area contributed by atoms with Crippen molar-refractivity contribution in [3.8, 4) is 0 Å². The monoisotopic (exact) mass is 1420 g/mol. The van der Waals surface area contributed by atoms with Crippen molar-refractivity contribution in [3.63, 3.8) is 0 Å². The van der Waals surface area contributed by atoms with Crippen molar-refractivity contribution in [3.05, 3.63) is 97.2 Å². The average molecular weight is 1420 g/mol. The first-order chi connectivity index (χ1) is 47.7. The number of aliphatic hydroxyl groups is 1. The minimum atomic E-state index is -4.98. The van der Waals surface area contributed by atoms with Gasteiger partial charge in [0, 0.05) is 25.7 Å². The number of carbonyl (C=O) groups is 4. The Morgan fingerprint density at radius 1 is 0.296 bits per heavy atom. The van der Waals surface area contributed by atoms with Gasteiger partial charge in [0.2, 0.25) is 0 Å². The largest absolute Gasteiger partial charge is 0.472 e. The molecule has 0 saturated carbocycles. The van der Waals surface area contributed by atoms with E-state index in [1.54, 1.807) is 0 Å². The van der Waals surface area contributed by atoms with E-state index in [1.807, 2.05) is 0 Å². The van der Waals surface area contributed by atoms with Crippen molar-refractivity contribution in [2.75, 3.05) is 39.6 Å². The highest BCUT2D eigenvalue weighted by Gasteiger charge is 2.30. The van der Waals surface area contributed by atoms with Gasteiger partial charge in [-0.15, -0.1) is 0 Å². The Morgan fingerprint density at radius 2 is 0.541 bits per heavy atom. The fraction of sp³-hybridized carbons (Fsp3) is 0.747. The predicted octanol–water partition coefficient (Wildman–Crippen LogP) is 22.0. The molecule has 0 rings (SSSR count). The third-order valence-corrected chi connectivity index (χ3v) is 17.9. The number of esters is 4. The van der Waals surface area contributed by atoms with E-state index in [9.17, 15) is 43.2 Å². The molecule has 5 unspecified atom stereocenters. The summed E-state index contributed by atoms with van der Waals surface area (Å²) in [6.45, 7) is 4.59. The van der Waals surface area contributed by atoms with Crippen LogP contribution in [0.3, 0.4) is 0 Å². The molecule has 0 saturated heterocycles. The zero-order chi connectivity index (χ0) is 71.8. The molecule has 0 bridgehead atoms. The number of aliphatic hydroxyl groups excluding tert-OH is 1. The summed E-state index contributed by atoms with van der Waals surface area (Å²) in [6, 6.07) is 0. The summed E-state index contributed by atoms with van der Waals surface area (Å²) in [5.41, 5.74) is 0. The molecule has 0 aromatic carbocycles. The van der Waals surface area contributed by atoms with E-state index < -0.39 is 97.5 Å². The van der Waals surface area contributed by atoms with Crippen LogP contribution < -0.4 is 0 Å². The molecule has 0 amide bonds. The van der Waals surface area contributed by atoms with Gasteiger partial charge < -0.3 is 33.8 Å². The van der Waals surface area contributed by atoms with Gasteiger partial charge in [0.25, 0.3) is 0 Å². The Bertz CT molecular complexity index is 2240. The Kier molecular flexibility index (Phi) is 68.4. The quantitative estimate of drug-likeness (QED) is 0.0169. The van der Waals surface area contributed by atoms with Gasteiger partial charge in [0.15, 0.2) is 12.2 Å². The Morgan fingerprint density at radius 3 is 0.857 bits per heavy atom. The standard InChI is InChI=1S/C79H138O17P2/c1-5-9-13-17-21-25-29-32-34-35-36-37-39-42-45-48-52-56-60-64-77(82)89-69-74(95-78(83)65-61-57-53-49-43-28-24-20-16-12-8-4)71-93-97(85,86)91-67-73(80)68-92-98(87,88)94-72-75(96-79(84)66-62-58-54-50-46-40-31-27-23-19-15-11-7-3)70-90-76(81)63-59-55-51-47-44-41-38-33-30-26-22-18-14-10-6-2/h9-10,13-14,20-22,24-26,32-34,36-38,73-75,80H,5-8,11-12,15-19,23,27-31,35,39-72H2,1-4H3,(H,85,86)(H,87,88)/b13-9-,14-10-,24-20-,25-21-,26-22-,34-32-,37-36-,38-33-. The molecule has 0 aromatic rings. The summed E-state index contributed by atoms with van der Waals surface area (Å²) in [5, 5.41) is 10.6. The predicted molar refractivity (Wildman–Crippen MR) is 399 cm³/mol. The van der Waals surface area contributed by atoms with Gasteiger partial charge >= 0.3 is 39.5 Å². The summed E-state index contributed by atoms with van der Waals surface area (Å²) in [6.07, 6.45) is 74.0. The maximum atomic E-state index is 13.1. The first-order valence-corrected chi connectivity index (χ1v) is 41.5. The number of rotatable bonds is 72. The summed E-state index contributed by atoms with van der Waals surface area (Å²) < 4.78 is 68.4. The van der Waals surface area contributed by atoms with Crippen LogP contribution in [0.1, 0.15) is 323 Å². The highest BCUT2D eigenvalue weighted by molar-refractivity contribution is 7.47. The number of carbonyl (C=O) groups excluding carboxylic acids is 4. The zero-order valence-electron chi connectivity index (χ0n) is 61.7. The van der Waals surface area contributed by atoms with Gasteiger partial charge in [-0.1, -0.05) is 279 Å². The lowest BCUT2D eigenvalue weighted by Crippen LogP contribution is -2.30. The Balaban J connectivity index is 5.31. The van der Waals surface area contributed by atoms with Crippen LogP contribution in [0.25, 0.3) is 0 Å². The second-order valence-corrected chi connectivity index (χ2v) is 28.4. The molecule has 17 nitrogen and oxygen atoms in total. The van der Waals surface area contributed by atoms with Gasteiger partial charge in [-0.2, -0.15) is 0 Å². The van der Waals surface area contributed by atoms with Crippen LogP contribution in [0.2, 0.25) is 0 Å². The summed E-state index contributed by atoms with van der Waals surface area (Å²) >= 11 is 0. The van der Waals surface area contributed by atoms with Crippen LogP contribution in [-0.4, -0.2) is 96.7 Å². The van der Waals surface area contributed by atoms with E-state index in [2.05, 4.69) is 125 Å². The van der Waals surface area contributed by atoms with Crippen LogP contribution >= 0.6 is 15.6 Å². The molecule has 0 aliphatic rings. The highest BCUT2D eigenvalue weighted by atomic mass is 31.2. The molecule has 0 aliphatic carbocycles. The number of hydrogen-bond donors (Lipinski definition) is 3. The van der Waals surface area contributed by atoms with E-state index in [4.69, 9.17) is 37.0 Å². The van der Waals surface area contributed by atoms with Crippen LogP contribution in [-0.2, 0) is 65.4 Å². The minimum Gasteiger partial charge on any atom is -0.462 e. The zero-order valence-corrected chi connectivity index (χ0v) is 63.5. The number of hydrogen-bond acceptors (Lipinski definition) is 15. The maximum Gasteiger partial charge on any atom is 0.472 e. The Labute approximate surface area is 595 Å². The molecule has 0 spiro atoms. The summed E-state index contributed by atoms with van der Waals surface area (Å²) in [5.74, 6) is -2.20. The second kappa shape index (κ2) is 71.4. The number of allylic oxidation sites excluding steroid dienone is 16. The molecule has 5 atom stereocenters. The smallest absolute Gasteiger partial charge is 0.462 e. The number of ether oxygens (including phenoxy) is 4. The maximum absolute atomic E-state index is 13.1. The molecule has 0 fully saturated rings. The van der Waals surface area contributed by atoms with Gasteiger partial charge in [-0.3, -0.25) is 37.3 Å². The first-order valence-electron chi connectivity index (χ1n) is 38.5. The SMILES string of the molecule is CC/C=C\C/C=C\C/C=C\C/C=C\CCCCCCCCC(=O)OCC(COP(=O)(O)OCC(O)COP(=O)(O)OCC(COC(=O)CCCCCCC/C=C\C/C=C\C/C=C\CC)OC(=O)CCCCCCCCCCCCCCC)OC(=O)CCCCCCC/C=C\CCCC. The topological polar surface area (TPSA) is 237 Å². The van der Waals surface area contributed by atoms with Gasteiger partial charge in [-0.05, 0) is 116 Å². The molecule has 98 heavy (non-hydrogen) atoms. The molecule has 566 valence electrons. The van der Waals surface area contributed by atoms with Crippen LogP contribution in [0, 0.1) is 0 Å². The van der Waals surface area contributed by atoms with Gasteiger partial charge in [0.05, 0.1) is 26.4 Å². The number of phosphoric acid groups is 2. The van der Waals surface area contributed by atoms with Crippen molar-refractivity contribution < 1.29 is 80.2 Å². The van der Waals surface area contributed by atoms with Crippen LogP contribution in [0.5, 0.6) is 0 Å². The summed E-state index contributed by atoms with van der Waals surface area (Å²) in [7, 11) is -9.95. The molecule has 19 heteroatoms.